The predicted octanol–water partition coefficient (Wildman–Crippen LogP) is 9.69. The Hall–Kier alpha value is -2.33. The van der Waals surface area contributed by atoms with Crippen molar-refractivity contribution in [2.24, 2.45) is 0 Å². The highest BCUT2D eigenvalue weighted by Gasteiger charge is 2.42. The fraction of sp³-hybridized carbons (Fsp3) is 0. The summed E-state index contributed by atoms with van der Waals surface area (Å²) < 4.78 is 2.23. The van der Waals surface area contributed by atoms with Gasteiger partial charge >= 0.3 is 0 Å². The van der Waals surface area contributed by atoms with Crippen molar-refractivity contribution in [3.8, 4) is 11.1 Å². The molecule has 0 aliphatic carbocycles. The Morgan fingerprint density at radius 1 is 0.484 bits per heavy atom. The largest absolute Gasteiger partial charge is 0.131 e. The Labute approximate surface area is 200 Å². The summed E-state index contributed by atoms with van der Waals surface area (Å²) in [7, 11) is -1.67. The molecule has 0 aromatic heterocycles. The van der Waals surface area contributed by atoms with Crippen LogP contribution >= 0.6 is 41.9 Å². The highest BCUT2D eigenvalue weighted by molar-refractivity contribution is 9.10. The molecular formula is C28H18Br2S. The van der Waals surface area contributed by atoms with E-state index in [0.717, 1.165) is 8.95 Å². The molecule has 0 saturated carbocycles. The molecule has 0 unspecified atom stereocenters. The van der Waals surface area contributed by atoms with E-state index >= 15 is 0 Å². The van der Waals surface area contributed by atoms with Crippen LogP contribution in [0.25, 0.3) is 21.9 Å². The van der Waals surface area contributed by atoms with Crippen molar-refractivity contribution < 1.29 is 0 Å². The number of hydrogen-bond donors (Lipinski definition) is 0. The van der Waals surface area contributed by atoms with Gasteiger partial charge in [0.15, 0.2) is 0 Å². The third-order valence-corrected chi connectivity index (χ3v) is 11.0. The number of hydrogen-bond acceptors (Lipinski definition) is 0. The highest BCUT2D eigenvalue weighted by Crippen LogP contribution is 2.81. The molecule has 6 rings (SSSR count). The van der Waals surface area contributed by atoms with Crippen LogP contribution in [0.1, 0.15) is 0 Å². The van der Waals surface area contributed by atoms with Gasteiger partial charge in [0, 0.05) is 28.5 Å². The van der Waals surface area contributed by atoms with Gasteiger partial charge in [-0.2, -0.15) is 0 Å². The van der Waals surface area contributed by atoms with Gasteiger partial charge in [-0.3, -0.25) is 0 Å². The van der Waals surface area contributed by atoms with Crippen LogP contribution in [0, 0.1) is 0 Å². The van der Waals surface area contributed by atoms with Gasteiger partial charge in [-0.25, -0.2) is 0 Å². The summed E-state index contributed by atoms with van der Waals surface area (Å²) in [6.45, 7) is 0. The summed E-state index contributed by atoms with van der Waals surface area (Å²) in [5.74, 6) is 0. The average molecular weight is 546 g/mol. The SMILES string of the molecule is Brc1ccc2c(c1)S(c1ccccc1)(c1cccc3ccccc13)c1cc(Br)ccc1-2. The third kappa shape index (κ3) is 2.80. The summed E-state index contributed by atoms with van der Waals surface area (Å²) >= 11 is 7.55. The van der Waals surface area contributed by atoms with E-state index in [1.54, 1.807) is 0 Å². The molecule has 1 aliphatic rings. The minimum absolute atomic E-state index is 1.12. The van der Waals surface area contributed by atoms with Crippen molar-refractivity contribution >= 4 is 52.7 Å². The summed E-state index contributed by atoms with van der Waals surface area (Å²) in [6.07, 6.45) is 0. The lowest BCUT2D eigenvalue weighted by molar-refractivity contribution is 1.31. The van der Waals surface area contributed by atoms with E-state index in [-0.39, 0.29) is 0 Å². The average Bonchev–Trinajstić information content (AvgIpc) is 3.08. The molecule has 5 aromatic carbocycles. The maximum Gasteiger partial charge on any atom is 0.0186 e. The van der Waals surface area contributed by atoms with Crippen LogP contribution in [-0.2, 0) is 0 Å². The number of benzene rings is 5. The molecule has 0 bridgehead atoms. The van der Waals surface area contributed by atoms with Gasteiger partial charge in [-0.05, 0) is 64.4 Å². The minimum Gasteiger partial charge on any atom is -0.131 e. The maximum absolute atomic E-state index is 3.77. The van der Waals surface area contributed by atoms with Crippen LogP contribution in [-0.4, -0.2) is 0 Å². The lowest BCUT2D eigenvalue weighted by Crippen LogP contribution is -2.02. The maximum atomic E-state index is 3.77. The number of fused-ring (bicyclic) bond motifs is 4. The van der Waals surface area contributed by atoms with Crippen molar-refractivity contribution in [2.75, 3.05) is 0 Å². The first-order chi connectivity index (χ1) is 15.2. The number of halogens is 2. The molecule has 3 heteroatoms. The second-order valence-electron chi connectivity index (χ2n) is 7.68. The van der Waals surface area contributed by atoms with Crippen LogP contribution in [0.5, 0.6) is 0 Å². The first kappa shape index (κ1) is 19.4. The summed E-state index contributed by atoms with van der Waals surface area (Å²) in [4.78, 5) is 5.56. The Kier molecular flexibility index (Phi) is 4.60. The topological polar surface area (TPSA) is 0 Å². The molecule has 150 valence electrons. The van der Waals surface area contributed by atoms with E-state index in [1.807, 2.05) is 0 Å². The van der Waals surface area contributed by atoms with E-state index in [0.29, 0.717) is 0 Å². The van der Waals surface area contributed by atoms with Crippen LogP contribution < -0.4 is 0 Å². The second kappa shape index (κ2) is 7.37. The highest BCUT2D eigenvalue weighted by atomic mass is 79.9. The fourth-order valence-corrected chi connectivity index (χ4v) is 10.3. The van der Waals surface area contributed by atoms with E-state index in [1.165, 1.54) is 41.5 Å². The molecule has 0 amide bonds. The van der Waals surface area contributed by atoms with Crippen LogP contribution in [0.3, 0.4) is 0 Å². The lowest BCUT2D eigenvalue weighted by atomic mass is 10.1. The van der Waals surface area contributed by atoms with Gasteiger partial charge in [0.05, 0.1) is 0 Å². The van der Waals surface area contributed by atoms with E-state index in [9.17, 15) is 0 Å². The quantitative estimate of drug-likeness (QED) is 0.203. The zero-order valence-corrected chi connectivity index (χ0v) is 20.5. The molecule has 0 saturated heterocycles. The van der Waals surface area contributed by atoms with Crippen molar-refractivity contribution in [1.82, 2.24) is 0 Å². The molecule has 31 heavy (non-hydrogen) atoms. The van der Waals surface area contributed by atoms with Crippen molar-refractivity contribution in [3.05, 3.63) is 118 Å². The van der Waals surface area contributed by atoms with Gasteiger partial charge in [0.1, 0.15) is 0 Å². The first-order valence-electron chi connectivity index (χ1n) is 10.2. The summed E-state index contributed by atoms with van der Waals surface area (Å²) in [6, 6.07) is 40.1. The fourth-order valence-electron chi connectivity index (χ4n) is 4.77. The first-order valence-corrected chi connectivity index (χ1v) is 13.4. The predicted molar refractivity (Wildman–Crippen MR) is 138 cm³/mol. The molecule has 0 nitrogen and oxygen atoms in total. The van der Waals surface area contributed by atoms with Gasteiger partial charge in [0.25, 0.3) is 0 Å². The van der Waals surface area contributed by atoms with Gasteiger partial charge < -0.3 is 0 Å². The molecule has 5 aromatic rings. The van der Waals surface area contributed by atoms with Crippen molar-refractivity contribution in [2.45, 2.75) is 19.6 Å². The summed E-state index contributed by atoms with van der Waals surface area (Å²) in [5, 5.41) is 2.60. The lowest BCUT2D eigenvalue weighted by Gasteiger charge is -2.40. The van der Waals surface area contributed by atoms with E-state index < -0.39 is 10.0 Å². The Bertz CT molecular complexity index is 1400. The standard InChI is InChI=1S/C28H18Br2S/c29-20-13-15-24-25-16-14-21(30)18-28(25)31(27(24)17-20,22-9-2-1-3-10-22)26-12-6-8-19-7-4-5-11-23(19)26/h1-18H. The van der Waals surface area contributed by atoms with Crippen molar-refractivity contribution in [3.63, 3.8) is 0 Å². The second-order valence-corrected chi connectivity index (χ2v) is 12.5. The Morgan fingerprint density at radius 3 is 1.74 bits per heavy atom. The Morgan fingerprint density at radius 2 is 1.06 bits per heavy atom. The molecule has 0 atom stereocenters. The van der Waals surface area contributed by atoms with Gasteiger partial charge in [0.2, 0.25) is 0 Å². The molecule has 0 spiro atoms. The van der Waals surface area contributed by atoms with Crippen molar-refractivity contribution in [1.29, 1.82) is 0 Å². The molecule has 0 radical (unpaired) electrons. The van der Waals surface area contributed by atoms with Crippen LogP contribution in [0.4, 0.5) is 0 Å². The number of rotatable bonds is 2. The van der Waals surface area contributed by atoms with E-state index in [4.69, 9.17) is 0 Å². The molecule has 0 N–H and O–H groups in total. The van der Waals surface area contributed by atoms with Crippen LogP contribution in [0.2, 0.25) is 0 Å². The Balaban J connectivity index is 1.87. The molecule has 1 heterocycles. The summed E-state index contributed by atoms with van der Waals surface area (Å²) in [5.41, 5.74) is 2.66. The van der Waals surface area contributed by atoms with Gasteiger partial charge in [-0.15, -0.1) is 10.0 Å². The normalized spacial score (nSPS) is 14.8. The van der Waals surface area contributed by atoms with E-state index in [2.05, 4.69) is 141 Å². The van der Waals surface area contributed by atoms with Gasteiger partial charge in [-0.1, -0.05) is 98.6 Å². The smallest absolute Gasteiger partial charge is 0.0186 e. The molecule has 0 fully saturated rings. The monoisotopic (exact) mass is 544 g/mol. The zero-order chi connectivity index (χ0) is 21.0. The molecule has 1 aliphatic heterocycles. The molecular weight excluding hydrogens is 528 g/mol. The zero-order valence-electron chi connectivity index (χ0n) is 16.6. The minimum atomic E-state index is -1.67. The van der Waals surface area contributed by atoms with Crippen LogP contribution in [0.15, 0.2) is 138 Å². The third-order valence-electron chi connectivity index (χ3n) is 6.01.